The van der Waals surface area contributed by atoms with E-state index in [0.29, 0.717) is 24.0 Å². The van der Waals surface area contributed by atoms with E-state index in [1.165, 1.54) is 19.3 Å². The third-order valence-corrected chi connectivity index (χ3v) is 4.02. The molecule has 1 amide bonds. The van der Waals surface area contributed by atoms with Gasteiger partial charge in [0.2, 0.25) is 5.91 Å². The van der Waals surface area contributed by atoms with Crippen LogP contribution in [0.4, 0.5) is 0 Å². The molecule has 1 aliphatic heterocycles. The van der Waals surface area contributed by atoms with Crippen molar-refractivity contribution in [1.82, 2.24) is 10.2 Å². The van der Waals surface area contributed by atoms with Gasteiger partial charge < -0.3 is 4.90 Å². The molecule has 2 unspecified atom stereocenters. The average molecular weight is 238 g/mol. The Kier molecular flexibility index (Phi) is 4.08. The number of nitrogens with one attached hydrogen (secondary N) is 1. The second-order valence-electron chi connectivity index (χ2n) is 5.98. The Morgan fingerprint density at radius 1 is 1.41 bits per heavy atom. The Hall–Kier alpha value is -0.570. The normalized spacial score (nSPS) is 30.1. The summed E-state index contributed by atoms with van der Waals surface area (Å²) in [6, 6.07) is 0.616. The minimum atomic E-state index is 0.0874. The number of amides is 1. The SMILES string of the molecule is CCCC1NC(CC(C)C)N(C2CCC2)C1=O. The Labute approximate surface area is 105 Å². The van der Waals surface area contributed by atoms with Crippen molar-refractivity contribution < 1.29 is 4.79 Å². The number of hydrogen-bond donors (Lipinski definition) is 1. The summed E-state index contributed by atoms with van der Waals surface area (Å²) in [4.78, 5) is 14.6. The molecule has 1 aliphatic carbocycles. The first-order chi connectivity index (χ1) is 8.13. The van der Waals surface area contributed by atoms with E-state index in [9.17, 15) is 4.79 Å². The molecule has 2 fully saturated rings. The smallest absolute Gasteiger partial charge is 0.241 e. The lowest BCUT2D eigenvalue weighted by Crippen LogP contribution is -2.48. The van der Waals surface area contributed by atoms with E-state index in [-0.39, 0.29) is 6.04 Å². The van der Waals surface area contributed by atoms with Crippen LogP contribution < -0.4 is 5.32 Å². The molecule has 2 rings (SSSR count). The summed E-state index contributed by atoms with van der Waals surface area (Å²) in [5.74, 6) is 1.01. The maximum Gasteiger partial charge on any atom is 0.241 e. The van der Waals surface area contributed by atoms with Crippen LogP contribution in [0.25, 0.3) is 0 Å². The molecular formula is C14H26N2O. The lowest BCUT2D eigenvalue weighted by Gasteiger charge is -2.38. The van der Waals surface area contributed by atoms with Crippen molar-refractivity contribution in [3.05, 3.63) is 0 Å². The molecule has 1 saturated heterocycles. The molecule has 0 aromatic carbocycles. The van der Waals surface area contributed by atoms with Gasteiger partial charge >= 0.3 is 0 Å². The van der Waals surface area contributed by atoms with Gasteiger partial charge in [-0.15, -0.1) is 0 Å². The fourth-order valence-electron chi connectivity index (χ4n) is 2.94. The second-order valence-corrected chi connectivity index (χ2v) is 5.98. The van der Waals surface area contributed by atoms with Crippen LogP contribution in [0.2, 0.25) is 0 Å². The number of carbonyl (C=O) groups excluding carboxylic acids is 1. The predicted octanol–water partition coefficient (Wildman–Crippen LogP) is 2.51. The molecule has 2 aliphatic rings. The quantitative estimate of drug-likeness (QED) is 0.798. The van der Waals surface area contributed by atoms with E-state index in [0.717, 1.165) is 19.3 Å². The van der Waals surface area contributed by atoms with Gasteiger partial charge in [0.25, 0.3) is 0 Å². The van der Waals surface area contributed by atoms with E-state index in [2.05, 4.69) is 31.0 Å². The standard InChI is InChI=1S/C14H26N2O/c1-4-6-12-14(17)16(11-7-5-8-11)13(15-12)9-10(2)3/h10-13,15H,4-9H2,1-3H3. The van der Waals surface area contributed by atoms with Gasteiger partial charge in [0.05, 0.1) is 12.2 Å². The number of rotatable bonds is 5. The summed E-state index contributed by atoms with van der Waals surface area (Å²) in [5.41, 5.74) is 0. The molecule has 3 nitrogen and oxygen atoms in total. The van der Waals surface area contributed by atoms with E-state index in [4.69, 9.17) is 0 Å². The summed E-state index contributed by atoms with van der Waals surface area (Å²) < 4.78 is 0. The van der Waals surface area contributed by atoms with E-state index >= 15 is 0 Å². The Balaban J connectivity index is 2.04. The van der Waals surface area contributed by atoms with Gasteiger partial charge in [-0.2, -0.15) is 0 Å². The van der Waals surface area contributed by atoms with Gasteiger partial charge in [0.1, 0.15) is 0 Å². The van der Waals surface area contributed by atoms with Gasteiger partial charge in [0.15, 0.2) is 0 Å². The topological polar surface area (TPSA) is 32.3 Å². The summed E-state index contributed by atoms with van der Waals surface area (Å²) in [6.07, 6.45) is 7.16. The average Bonchev–Trinajstić information content (AvgIpc) is 2.44. The zero-order valence-corrected chi connectivity index (χ0v) is 11.4. The van der Waals surface area contributed by atoms with Crippen LogP contribution in [-0.4, -0.2) is 29.1 Å². The first kappa shape index (κ1) is 12.9. The molecule has 0 spiro atoms. The van der Waals surface area contributed by atoms with Crippen molar-refractivity contribution in [3.8, 4) is 0 Å². The van der Waals surface area contributed by atoms with Crippen molar-refractivity contribution in [2.24, 2.45) is 5.92 Å². The molecule has 17 heavy (non-hydrogen) atoms. The molecule has 1 saturated carbocycles. The maximum atomic E-state index is 12.4. The molecule has 0 radical (unpaired) electrons. The summed E-state index contributed by atoms with van der Waals surface area (Å²) in [6.45, 7) is 6.62. The molecular weight excluding hydrogens is 212 g/mol. The van der Waals surface area contributed by atoms with Crippen molar-refractivity contribution in [1.29, 1.82) is 0 Å². The van der Waals surface area contributed by atoms with Crippen molar-refractivity contribution in [3.63, 3.8) is 0 Å². The van der Waals surface area contributed by atoms with Gasteiger partial charge in [-0.1, -0.05) is 27.2 Å². The van der Waals surface area contributed by atoms with Crippen LogP contribution in [0.15, 0.2) is 0 Å². The largest absolute Gasteiger partial charge is 0.323 e. The van der Waals surface area contributed by atoms with E-state index in [1.807, 2.05) is 0 Å². The summed E-state index contributed by atoms with van der Waals surface area (Å²) in [5, 5.41) is 3.55. The highest BCUT2D eigenvalue weighted by molar-refractivity contribution is 5.84. The van der Waals surface area contributed by atoms with Crippen LogP contribution >= 0.6 is 0 Å². The van der Waals surface area contributed by atoms with Gasteiger partial charge in [-0.3, -0.25) is 10.1 Å². The Bertz CT molecular complexity index is 273. The molecule has 3 heteroatoms. The minimum absolute atomic E-state index is 0.0874. The number of hydrogen-bond acceptors (Lipinski definition) is 2. The monoisotopic (exact) mass is 238 g/mol. The third-order valence-electron chi connectivity index (χ3n) is 4.02. The highest BCUT2D eigenvalue weighted by Crippen LogP contribution is 2.31. The van der Waals surface area contributed by atoms with E-state index < -0.39 is 0 Å². The lowest BCUT2D eigenvalue weighted by atomic mass is 9.90. The van der Waals surface area contributed by atoms with Crippen LogP contribution in [0.3, 0.4) is 0 Å². The highest BCUT2D eigenvalue weighted by atomic mass is 16.2. The molecule has 2 atom stereocenters. The fraction of sp³-hybridized carbons (Fsp3) is 0.929. The fourth-order valence-corrected chi connectivity index (χ4v) is 2.94. The Morgan fingerprint density at radius 3 is 2.59 bits per heavy atom. The van der Waals surface area contributed by atoms with Crippen LogP contribution in [-0.2, 0) is 4.79 Å². The molecule has 1 heterocycles. The van der Waals surface area contributed by atoms with Crippen LogP contribution in [0.5, 0.6) is 0 Å². The van der Waals surface area contributed by atoms with E-state index in [1.54, 1.807) is 0 Å². The first-order valence-electron chi connectivity index (χ1n) is 7.21. The third kappa shape index (κ3) is 2.65. The van der Waals surface area contributed by atoms with Gasteiger partial charge in [-0.25, -0.2) is 0 Å². The number of carbonyl (C=O) groups is 1. The maximum absolute atomic E-state index is 12.4. The van der Waals surface area contributed by atoms with Crippen molar-refractivity contribution in [2.75, 3.05) is 0 Å². The van der Waals surface area contributed by atoms with Crippen molar-refractivity contribution in [2.45, 2.75) is 77.5 Å². The summed E-state index contributed by atoms with van der Waals surface area (Å²) in [7, 11) is 0. The molecule has 1 N–H and O–H groups in total. The molecule has 0 bridgehead atoms. The lowest BCUT2D eigenvalue weighted by molar-refractivity contribution is -0.134. The van der Waals surface area contributed by atoms with Crippen LogP contribution in [0, 0.1) is 5.92 Å². The summed E-state index contributed by atoms with van der Waals surface area (Å²) >= 11 is 0. The molecule has 0 aromatic heterocycles. The highest BCUT2D eigenvalue weighted by Gasteiger charge is 2.43. The zero-order chi connectivity index (χ0) is 12.4. The first-order valence-corrected chi connectivity index (χ1v) is 7.21. The predicted molar refractivity (Wildman–Crippen MR) is 69.6 cm³/mol. The Morgan fingerprint density at radius 2 is 2.12 bits per heavy atom. The zero-order valence-electron chi connectivity index (χ0n) is 11.4. The van der Waals surface area contributed by atoms with Gasteiger partial charge in [-0.05, 0) is 38.0 Å². The van der Waals surface area contributed by atoms with Crippen LogP contribution in [0.1, 0.15) is 59.3 Å². The van der Waals surface area contributed by atoms with Crippen molar-refractivity contribution >= 4 is 5.91 Å². The molecule has 98 valence electrons. The minimum Gasteiger partial charge on any atom is -0.323 e. The second kappa shape index (κ2) is 5.38. The van der Waals surface area contributed by atoms with Gasteiger partial charge in [0, 0.05) is 6.04 Å². The number of nitrogens with zero attached hydrogens (tertiary/aromatic N) is 1. The molecule has 0 aromatic rings.